The number of aliphatic carboxylic acids is 1. The molecule has 0 unspecified atom stereocenters. The van der Waals surface area contributed by atoms with Crippen molar-refractivity contribution in [1.82, 2.24) is 10.2 Å². The van der Waals surface area contributed by atoms with Crippen LogP contribution in [0.5, 0.6) is 0 Å². The molecule has 1 fully saturated rings. The Morgan fingerprint density at radius 3 is 2.64 bits per heavy atom. The number of hydrogen-bond acceptors (Lipinski definition) is 5. The molecular formula is C17H18N2O4S2. The SMILES string of the molecule is Cc1ccc(/C=C2/SC(=S)N(CC(=O)NCCCC(=O)O)C2=O)cc1. The molecule has 0 bridgehead atoms. The van der Waals surface area contributed by atoms with Crippen LogP contribution in [0, 0.1) is 6.92 Å². The number of thioether (sulfide) groups is 1. The van der Waals surface area contributed by atoms with Crippen LogP contribution in [0.2, 0.25) is 0 Å². The van der Waals surface area contributed by atoms with Crippen LogP contribution in [-0.4, -0.2) is 45.2 Å². The topological polar surface area (TPSA) is 86.7 Å². The lowest BCUT2D eigenvalue weighted by molar-refractivity contribution is -0.137. The van der Waals surface area contributed by atoms with Crippen LogP contribution >= 0.6 is 24.0 Å². The fraction of sp³-hybridized carbons (Fsp3) is 0.294. The van der Waals surface area contributed by atoms with Gasteiger partial charge in [0.2, 0.25) is 5.91 Å². The van der Waals surface area contributed by atoms with Gasteiger partial charge in [-0.2, -0.15) is 0 Å². The zero-order valence-electron chi connectivity index (χ0n) is 13.7. The number of carboxylic acid groups (broad SMARTS) is 1. The number of carbonyl (C=O) groups excluding carboxylic acids is 2. The molecule has 0 atom stereocenters. The van der Waals surface area contributed by atoms with E-state index in [2.05, 4.69) is 5.32 Å². The number of carbonyl (C=O) groups is 3. The first-order valence-electron chi connectivity index (χ1n) is 7.67. The first-order valence-corrected chi connectivity index (χ1v) is 8.90. The van der Waals surface area contributed by atoms with Gasteiger partial charge in [-0.15, -0.1) is 0 Å². The lowest BCUT2D eigenvalue weighted by Gasteiger charge is -2.13. The van der Waals surface area contributed by atoms with E-state index in [1.54, 1.807) is 6.08 Å². The Morgan fingerprint density at radius 2 is 2.00 bits per heavy atom. The molecule has 2 rings (SSSR count). The van der Waals surface area contributed by atoms with Crippen LogP contribution in [0.25, 0.3) is 6.08 Å². The quantitative estimate of drug-likeness (QED) is 0.430. The summed E-state index contributed by atoms with van der Waals surface area (Å²) >= 11 is 6.36. The van der Waals surface area contributed by atoms with Gasteiger partial charge in [0.05, 0.1) is 4.91 Å². The molecule has 0 aromatic heterocycles. The predicted octanol–water partition coefficient (Wildman–Crippen LogP) is 2.18. The highest BCUT2D eigenvalue weighted by atomic mass is 32.2. The van der Waals surface area contributed by atoms with Gasteiger partial charge in [-0.3, -0.25) is 19.3 Å². The second-order valence-electron chi connectivity index (χ2n) is 5.53. The molecule has 0 spiro atoms. The summed E-state index contributed by atoms with van der Waals surface area (Å²) in [6.45, 7) is 2.07. The van der Waals surface area contributed by atoms with Crippen molar-refractivity contribution in [2.75, 3.05) is 13.1 Å². The van der Waals surface area contributed by atoms with Gasteiger partial charge in [-0.05, 0) is 25.0 Å². The number of nitrogens with one attached hydrogen (secondary N) is 1. The molecule has 1 aromatic carbocycles. The van der Waals surface area contributed by atoms with E-state index >= 15 is 0 Å². The number of thiocarbonyl (C=S) groups is 1. The Labute approximate surface area is 155 Å². The van der Waals surface area contributed by atoms with Gasteiger partial charge in [0.15, 0.2) is 0 Å². The standard InChI is InChI=1S/C17H18N2O4S2/c1-11-4-6-12(7-5-11)9-13-16(23)19(17(24)25-13)10-14(20)18-8-2-3-15(21)22/h4-7,9H,2-3,8,10H2,1H3,(H,18,20)(H,21,22)/b13-9+. The highest BCUT2D eigenvalue weighted by Crippen LogP contribution is 2.32. The van der Waals surface area contributed by atoms with E-state index in [1.807, 2.05) is 31.2 Å². The Hall–Kier alpha value is -2.19. The van der Waals surface area contributed by atoms with Crippen molar-refractivity contribution < 1.29 is 19.5 Å². The summed E-state index contributed by atoms with van der Waals surface area (Å²) in [6.07, 6.45) is 2.08. The highest BCUT2D eigenvalue weighted by Gasteiger charge is 2.33. The first-order chi connectivity index (χ1) is 11.9. The number of aryl methyl sites for hydroxylation is 1. The van der Waals surface area contributed by atoms with Gasteiger partial charge in [0, 0.05) is 13.0 Å². The molecule has 1 aliphatic rings. The van der Waals surface area contributed by atoms with Crippen molar-refractivity contribution in [3.63, 3.8) is 0 Å². The smallest absolute Gasteiger partial charge is 0.303 e. The average molecular weight is 378 g/mol. The average Bonchev–Trinajstić information content (AvgIpc) is 2.81. The van der Waals surface area contributed by atoms with Crippen molar-refractivity contribution >= 4 is 52.2 Å². The van der Waals surface area contributed by atoms with Crippen molar-refractivity contribution in [1.29, 1.82) is 0 Å². The normalized spacial score (nSPS) is 15.7. The fourth-order valence-electron chi connectivity index (χ4n) is 2.12. The minimum Gasteiger partial charge on any atom is -0.481 e. The van der Waals surface area contributed by atoms with Gasteiger partial charge >= 0.3 is 5.97 Å². The fourth-order valence-corrected chi connectivity index (χ4v) is 3.37. The van der Waals surface area contributed by atoms with Gasteiger partial charge < -0.3 is 10.4 Å². The summed E-state index contributed by atoms with van der Waals surface area (Å²) in [6, 6.07) is 7.74. The van der Waals surface area contributed by atoms with Crippen molar-refractivity contribution in [3.8, 4) is 0 Å². The molecule has 6 nitrogen and oxygen atoms in total. The number of rotatable bonds is 7. The monoisotopic (exact) mass is 378 g/mol. The van der Waals surface area contributed by atoms with Crippen molar-refractivity contribution in [2.45, 2.75) is 19.8 Å². The van der Waals surface area contributed by atoms with Gasteiger partial charge in [-0.1, -0.05) is 53.8 Å². The summed E-state index contributed by atoms with van der Waals surface area (Å²) in [4.78, 5) is 36.5. The molecule has 2 N–H and O–H groups in total. The third-order valence-electron chi connectivity index (χ3n) is 3.44. The van der Waals surface area contributed by atoms with Crippen LogP contribution in [0.15, 0.2) is 29.2 Å². The predicted molar refractivity (Wildman–Crippen MR) is 101 cm³/mol. The third kappa shape index (κ3) is 5.68. The van der Waals surface area contributed by atoms with Gasteiger partial charge in [-0.25, -0.2) is 0 Å². The van der Waals surface area contributed by atoms with Crippen LogP contribution in [0.4, 0.5) is 0 Å². The number of amides is 2. The van der Waals surface area contributed by atoms with E-state index in [0.717, 1.165) is 11.1 Å². The maximum absolute atomic E-state index is 12.4. The molecule has 1 heterocycles. The molecular weight excluding hydrogens is 360 g/mol. The lowest BCUT2D eigenvalue weighted by atomic mass is 10.1. The number of nitrogens with zero attached hydrogens (tertiary/aromatic N) is 1. The van der Waals surface area contributed by atoms with E-state index in [0.29, 0.717) is 15.6 Å². The maximum Gasteiger partial charge on any atom is 0.303 e. The van der Waals surface area contributed by atoms with E-state index in [-0.39, 0.29) is 31.3 Å². The molecule has 8 heteroatoms. The first kappa shape index (κ1) is 19.1. The van der Waals surface area contributed by atoms with Crippen molar-refractivity contribution in [2.24, 2.45) is 0 Å². The third-order valence-corrected chi connectivity index (χ3v) is 4.82. The summed E-state index contributed by atoms with van der Waals surface area (Å²) in [5.74, 6) is -1.57. The highest BCUT2D eigenvalue weighted by molar-refractivity contribution is 8.26. The molecule has 1 saturated heterocycles. The van der Waals surface area contributed by atoms with Gasteiger partial charge in [0.1, 0.15) is 10.9 Å². The minimum atomic E-state index is -0.910. The van der Waals surface area contributed by atoms with Crippen LogP contribution in [0.1, 0.15) is 24.0 Å². The minimum absolute atomic E-state index is 0.0133. The van der Waals surface area contributed by atoms with Crippen LogP contribution in [0.3, 0.4) is 0 Å². The van der Waals surface area contributed by atoms with Crippen LogP contribution < -0.4 is 5.32 Å². The summed E-state index contributed by atoms with van der Waals surface area (Å²) in [5, 5.41) is 11.1. The summed E-state index contributed by atoms with van der Waals surface area (Å²) in [5.41, 5.74) is 2.02. The molecule has 1 aromatic rings. The molecule has 0 aliphatic carbocycles. The Bertz CT molecular complexity index is 729. The molecule has 2 amide bonds. The largest absolute Gasteiger partial charge is 0.481 e. The molecule has 132 valence electrons. The summed E-state index contributed by atoms with van der Waals surface area (Å²) < 4.78 is 0.337. The van der Waals surface area contributed by atoms with E-state index in [4.69, 9.17) is 17.3 Å². The second kappa shape index (κ2) is 8.77. The Morgan fingerprint density at radius 1 is 1.32 bits per heavy atom. The summed E-state index contributed by atoms with van der Waals surface area (Å²) in [7, 11) is 0. The van der Waals surface area contributed by atoms with E-state index < -0.39 is 5.97 Å². The molecule has 25 heavy (non-hydrogen) atoms. The number of benzene rings is 1. The number of carboxylic acids is 1. The lowest BCUT2D eigenvalue weighted by Crippen LogP contribution is -2.39. The molecule has 0 saturated carbocycles. The number of hydrogen-bond donors (Lipinski definition) is 2. The van der Waals surface area contributed by atoms with E-state index in [1.165, 1.54) is 16.7 Å². The Kier molecular flexibility index (Phi) is 6.72. The van der Waals surface area contributed by atoms with E-state index in [9.17, 15) is 14.4 Å². The Balaban J connectivity index is 1.93. The van der Waals surface area contributed by atoms with Crippen LogP contribution in [-0.2, 0) is 14.4 Å². The zero-order valence-corrected chi connectivity index (χ0v) is 15.3. The zero-order chi connectivity index (χ0) is 18.4. The second-order valence-corrected chi connectivity index (χ2v) is 7.20. The van der Waals surface area contributed by atoms with Gasteiger partial charge in [0.25, 0.3) is 5.91 Å². The maximum atomic E-state index is 12.4. The molecule has 1 aliphatic heterocycles. The van der Waals surface area contributed by atoms with Crippen molar-refractivity contribution in [3.05, 3.63) is 40.3 Å². The molecule has 0 radical (unpaired) electrons.